The molecule has 3 rings (SSSR count). The van der Waals surface area contributed by atoms with Gasteiger partial charge in [0.25, 0.3) is 0 Å². The van der Waals surface area contributed by atoms with Crippen molar-refractivity contribution in [3.05, 3.63) is 28.3 Å². The van der Waals surface area contributed by atoms with Crippen LogP contribution in [0.4, 0.5) is 0 Å². The molecule has 2 aromatic rings. The van der Waals surface area contributed by atoms with Crippen molar-refractivity contribution >= 4 is 17.2 Å². The molecule has 124 valence electrons. The van der Waals surface area contributed by atoms with Gasteiger partial charge in [0.15, 0.2) is 0 Å². The van der Waals surface area contributed by atoms with Gasteiger partial charge in [0.1, 0.15) is 5.76 Å². The summed E-state index contributed by atoms with van der Waals surface area (Å²) >= 11 is 1.59. The predicted molar refractivity (Wildman–Crippen MR) is 88.4 cm³/mol. The standard InChI is InChI=1S/C16H21N3O3S/c1-12-14(17-16(22-12)13-2-9-23-11-13)10-15(21)19-5-3-18(4-6-19)7-8-20/h2,9,11,20H,3-8,10H2,1H3. The van der Waals surface area contributed by atoms with Crippen molar-refractivity contribution in [2.24, 2.45) is 0 Å². The quantitative estimate of drug-likeness (QED) is 0.894. The fourth-order valence-electron chi connectivity index (χ4n) is 2.72. The number of carbonyl (C=O) groups excluding carboxylic acids is 1. The third-order valence-electron chi connectivity index (χ3n) is 4.12. The molecular formula is C16H21N3O3S. The molecule has 1 aliphatic rings. The minimum absolute atomic E-state index is 0.0851. The molecule has 0 atom stereocenters. The largest absolute Gasteiger partial charge is 0.441 e. The molecule has 6 nitrogen and oxygen atoms in total. The summed E-state index contributed by atoms with van der Waals surface area (Å²) in [5, 5.41) is 12.9. The van der Waals surface area contributed by atoms with Gasteiger partial charge in [-0.1, -0.05) is 0 Å². The molecular weight excluding hydrogens is 314 g/mol. The van der Waals surface area contributed by atoms with E-state index in [2.05, 4.69) is 9.88 Å². The maximum atomic E-state index is 12.5. The number of rotatable bonds is 5. The lowest BCUT2D eigenvalue weighted by atomic mass is 10.2. The molecule has 0 radical (unpaired) electrons. The van der Waals surface area contributed by atoms with Crippen LogP contribution in [0, 0.1) is 6.92 Å². The normalized spacial score (nSPS) is 16.0. The highest BCUT2D eigenvalue weighted by Gasteiger charge is 2.23. The summed E-state index contributed by atoms with van der Waals surface area (Å²) in [6.45, 7) is 5.71. The van der Waals surface area contributed by atoms with Crippen molar-refractivity contribution in [2.75, 3.05) is 39.3 Å². The van der Waals surface area contributed by atoms with Crippen LogP contribution in [0.5, 0.6) is 0 Å². The fraction of sp³-hybridized carbons (Fsp3) is 0.500. The third kappa shape index (κ3) is 3.80. The monoisotopic (exact) mass is 335 g/mol. The minimum Gasteiger partial charge on any atom is -0.441 e. The maximum Gasteiger partial charge on any atom is 0.228 e. The van der Waals surface area contributed by atoms with Crippen molar-refractivity contribution in [1.29, 1.82) is 0 Å². The van der Waals surface area contributed by atoms with Gasteiger partial charge in [-0.15, -0.1) is 0 Å². The average Bonchev–Trinajstić information content (AvgIpc) is 3.19. The van der Waals surface area contributed by atoms with Crippen LogP contribution in [-0.2, 0) is 11.2 Å². The number of thiophene rings is 1. The van der Waals surface area contributed by atoms with E-state index in [4.69, 9.17) is 9.52 Å². The summed E-state index contributed by atoms with van der Waals surface area (Å²) in [4.78, 5) is 21.0. The van der Waals surface area contributed by atoms with E-state index < -0.39 is 0 Å². The number of hydrogen-bond acceptors (Lipinski definition) is 6. The second kappa shape index (κ2) is 7.25. The van der Waals surface area contributed by atoms with Crippen molar-refractivity contribution in [3.8, 4) is 11.5 Å². The first-order valence-corrected chi connectivity index (χ1v) is 8.71. The number of aliphatic hydroxyl groups excluding tert-OH is 1. The van der Waals surface area contributed by atoms with Gasteiger partial charge in [0, 0.05) is 43.7 Å². The van der Waals surface area contributed by atoms with Gasteiger partial charge < -0.3 is 14.4 Å². The molecule has 0 saturated carbocycles. The summed E-state index contributed by atoms with van der Waals surface area (Å²) in [6, 6.07) is 1.96. The Bertz CT molecular complexity index is 646. The van der Waals surface area contributed by atoms with E-state index in [1.165, 1.54) is 0 Å². The topological polar surface area (TPSA) is 69.8 Å². The minimum atomic E-state index is 0.0851. The Balaban J connectivity index is 1.60. The SMILES string of the molecule is Cc1oc(-c2ccsc2)nc1CC(=O)N1CCN(CCO)CC1. The van der Waals surface area contributed by atoms with Crippen LogP contribution in [0.25, 0.3) is 11.5 Å². The van der Waals surface area contributed by atoms with E-state index in [9.17, 15) is 4.79 Å². The summed E-state index contributed by atoms with van der Waals surface area (Å²) in [6.07, 6.45) is 0.277. The van der Waals surface area contributed by atoms with E-state index >= 15 is 0 Å². The van der Waals surface area contributed by atoms with Crippen LogP contribution in [-0.4, -0.2) is 65.1 Å². The Hall–Kier alpha value is -1.70. The zero-order valence-corrected chi connectivity index (χ0v) is 14.0. The Morgan fingerprint density at radius 1 is 1.39 bits per heavy atom. The van der Waals surface area contributed by atoms with Crippen molar-refractivity contribution < 1.29 is 14.3 Å². The predicted octanol–water partition coefficient (Wildman–Crippen LogP) is 1.39. The summed E-state index contributed by atoms with van der Waals surface area (Å²) in [5.74, 6) is 1.37. The highest BCUT2D eigenvalue weighted by Crippen LogP contribution is 2.24. The summed E-state index contributed by atoms with van der Waals surface area (Å²) in [7, 11) is 0. The number of nitrogens with zero attached hydrogens (tertiary/aromatic N) is 3. The Morgan fingerprint density at radius 3 is 2.83 bits per heavy atom. The summed E-state index contributed by atoms with van der Waals surface area (Å²) < 4.78 is 5.69. The molecule has 1 aliphatic heterocycles. The number of aromatic nitrogens is 1. The van der Waals surface area contributed by atoms with Crippen molar-refractivity contribution in [2.45, 2.75) is 13.3 Å². The lowest BCUT2D eigenvalue weighted by molar-refractivity contribution is -0.132. The number of aryl methyl sites for hydroxylation is 1. The van der Waals surface area contributed by atoms with Crippen LogP contribution in [0.1, 0.15) is 11.5 Å². The second-order valence-electron chi connectivity index (χ2n) is 5.66. The molecule has 0 aliphatic carbocycles. The molecule has 2 aromatic heterocycles. The number of aliphatic hydroxyl groups is 1. The molecule has 0 bridgehead atoms. The molecule has 23 heavy (non-hydrogen) atoms. The zero-order chi connectivity index (χ0) is 16.2. The van der Waals surface area contributed by atoms with E-state index in [1.54, 1.807) is 11.3 Å². The second-order valence-corrected chi connectivity index (χ2v) is 6.44. The van der Waals surface area contributed by atoms with E-state index in [1.807, 2.05) is 28.7 Å². The first-order valence-electron chi connectivity index (χ1n) is 7.77. The van der Waals surface area contributed by atoms with Crippen LogP contribution in [0.15, 0.2) is 21.2 Å². The molecule has 1 N–H and O–H groups in total. The lowest BCUT2D eigenvalue weighted by Crippen LogP contribution is -2.49. The van der Waals surface area contributed by atoms with Gasteiger partial charge in [-0.25, -0.2) is 4.98 Å². The number of piperazine rings is 1. The number of β-amino-alcohol motifs (C(OH)–C–C–N with tert-alkyl or cyclic N) is 1. The molecule has 1 fully saturated rings. The molecule has 0 aromatic carbocycles. The van der Waals surface area contributed by atoms with Gasteiger partial charge in [0.2, 0.25) is 11.8 Å². The number of hydrogen-bond donors (Lipinski definition) is 1. The molecule has 7 heteroatoms. The van der Waals surface area contributed by atoms with E-state index in [0.29, 0.717) is 37.0 Å². The third-order valence-corrected chi connectivity index (χ3v) is 4.80. The maximum absolute atomic E-state index is 12.5. The summed E-state index contributed by atoms with van der Waals surface area (Å²) in [5.41, 5.74) is 1.67. The van der Waals surface area contributed by atoms with Crippen LogP contribution in [0.2, 0.25) is 0 Å². The van der Waals surface area contributed by atoms with Gasteiger partial charge >= 0.3 is 0 Å². The Kier molecular flexibility index (Phi) is 5.09. The highest BCUT2D eigenvalue weighted by atomic mass is 32.1. The number of oxazole rings is 1. The van der Waals surface area contributed by atoms with Crippen LogP contribution >= 0.6 is 11.3 Å². The van der Waals surface area contributed by atoms with E-state index in [0.717, 1.165) is 18.7 Å². The number of carbonyl (C=O) groups is 1. The number of amides is 1. The highest BCUT2D eigenvalue weighted by molar-refractivity contribution is 7.08. The first-order chi connectivity index (χ1) is 11.2. The van der Waals surface area contributed by atoms with Crippen LogP contribution < -0.4 is 0 Å². The van der Waals surface area contributed by atoms with Gasteiger partial charge in [-0.05, 0) is 18.4 Å². The van der Waals surface area contributed by atoms with Crippen molar-refractivity contribution in [3.63, 3.8) is 0 Å². The lowest BCUT2D eigenvalue weighted by Gasteiger charge is -2.34. The smallest absolute Gasteiger partial charge is 0.228 e. The van der Waals surface area contributed by atoms with Gasteiger partial charge in [-0.3, -0.25) is 9.69 Å². The first kappa shape index (κ1) is 16.2. The van der Waals surface area contributed by atoms with Gasteiger partial charge in [0.05, 0.1) is 18.7 Å². The molecule has 3 heterocycles. The Morgan fingerprint density at radius 2 is 2.17 bits per heavy atom. The molecule has 0 unspecified atom stereocenters. The molecule has 0 spiro atoms. The molecule has 1 amide bonds. The van der Waals surface area contributed by atoms with Gasteiger partial charge in [-0.2, -0.15) is 11.3 Å². The Labute approximate surface area is 139 Å². The fourth-order valence-corrected chi connectivity index (χ4v) is 3.35. The molecule has 1 saturated heterocycles. The van der Waals surface area contributed by atoms with E-state index in [-0.39, 0.29) is 18.9 Å². The van der Waals surface area contributed by atoms with Crippen LogP contribution in [0.3, 0.4) is 0 Å². The van der Waals surface area contributed by atoms with Crippen molar-refractivity contribution in [1.82, 2.24) is 14.8 Å². The zero-order valence-electron chi connectivity index (χ0n) is 13.2. The average molecular weight is 335 g/mol.